The van der Waals surface area contributed by atoms with Gasteiger partial charge in [-0.1, -0.05) is 48.5 Å². The molecular weight excluding hydrogens is 570 g/mol. The SMILES string of the molecule is CSCCC(NC(=O)OC(C)(C)C)C(=O)N(C)C(C(=O)NC(Cc1ccccc1)C(=O)OC(C)(C)C)c1ccccc1O. The van der Waals surface area contributed by atoms with Crippen molar-refractivity contribution in [3.63, 3.8) is 0 Å². The molecule has 3 atom stereocenters. The molecule has 0 spiro atoms. The van der Waals surface area contributed by atoms with Crippen LogP contribution in [-0.2, 0) is 30.3 Å². The fourth-order valence-electron chi connectivity index (χ4n) is 4.23. The average molecular weight is 616 g/mol. The van der Waals surface area contributed by atoms with E-state index in [0.29, 0.717) is 5.75 Å². The molecule has 0 heterocycles. The highest BCUT2D eigenvalue weighted by atomic mass is 32.2. The third-order valence-electron chi connectivity index (χ3n) is 6.10. The molecule has 2 rings (SSSR count). The molecule has 0 saturated heterocycles. The Bertz CT molecular complexity index is 1240. The van der Waals surface area contributed by atoms with Crippen molar-refractivity contribution in [3.8, 4) is 5.75 Å². The maximum Gasteiger partial charge on any atom is 0.408 e. The Morgan fingerprint density at radius 2 is 1.44 bits per heavy atom. The Hall–Kier alpha value is -3.73. The second kappa shape index (κ2) is 15.7. The fourth-order valence-corrected chi connectivity index (χ4v) is 4.70. The quantitative estimate of drug-likeness (QED) is 0.295. The van der Waals surface area contributed by atoms with E-state index in [-0.39, 0.29) is 24.2 Å². The van der Waals surface area contributed by atoms with Gasteiger partial charge in [-0.3, -0.25) is 9.59 Å². The lowest BCUT2D eigenvalue weighted by Gasteiger charge is -2.33. The number of benzene rings is 2. The third-order valence-corrected chi connectivity index (χ3v) is 6.75. The Morgan fingerprint density at radius 1 is 0.860 bits per heavy atom. The number of amides is 3. The number of hydrogen-bond acceptors (Lipinski definition) is 8. The number of alkyl carbamates (subject to hydrolysis) is 1. The summed E-state index contributed by atoms with van der Waals surface area (Å²) in [6.45, 7) is 10.3. The normalized spacial score (nSPS) is 13.7. The number of thioether (sulfide) groups is 1. The molecule has 3 unspecified atom stereocenters. The van der Waals surface area contributed by atoms with E-state index in [2.05, 4.69) is 10.6 Å². The monoisotopic (exact) mass is 615 g/mol. The first-order chi connectivity index (χ1) is 20.0. The molecule has 3 amide bonds. The second-order valence-electron chi connectivity index (χ2n) is 12.2. The van der Waals surface area contributed by atoms with Crippen LogP contribution in [0.2, 0.25) is 0 Å². The van der Waals surface area contributed by atoms with Crippen LogP contribution in [0.25, 0.3) is 0 Å². The molecule has 0 aromatic heterocycles. The number of esters is 1. The van der Waals surface area contributed by atoms with Crippen LogP contribution in [0.1, 0.15) is 65.1 Å². The van der Waals surface area contributed by atoms with Crippen LogP contribution < -0.4 is 10.6 Å². The minimum absolute atomic E-state index is 0.142. The maximum absolute atomic E-state index is 14.0. The zero-order chi connectivity index (χ0) is 32.4. The summed E-state index contributed by atoms with van der Waals surface area (Å²) in [7, 11) is 1.42. The zero-order valence-corrected chi connectivity index (χ0v) is 27.1. The van der Waals surface area contributed by atoms with Gasteiger partial charge in [0.25, 0.3) is 0 Å². The third kappa shape index (κ3) is 11.8. The predicted molar refractivity (Wildman–Crippen MR) is 168 cm³/mol. The van der Waals surface area contributed by atoms with Crippen molar-refractivity contribution in [2.75, 3.05) is 19.1 Å². The Balaban J connectivity index is 2.46. The van der Waals surface area contributed by atoms with Crippen LogP contribution in [0, 0.1) is 0 Å². The summed E-state index contributed by atoms with van der Waals surface area (Å²) in [5, 5.41) is 16.1. The number of nitrogens with one attached hydrogen (secondary N) is 2. The summed E-state index contributed by atoms with van der Waals surface area (Å²) >= 11 is 1.50. The molecule has 11 heteroatoms. The topological polar surface area (TPSA) is 134 Å². The lowest BCUT2D eigenvalue weighted by atomic mass is 10.0. The number of phenols is 1. The summed E-state index contributed by atoms with van der Waals surface area (Å²) in [5.41, 5.74) is -0.643. The number of para-hydroxylation sites is 1. The van der Waals surface area contributed by atoms with E-state index in [1.807, 2.05) is 36.6 Å². The highest BCUT2D eigenvalue weighted by Crippen LogP contribution is 2.29. The van der Waals surface area contributed by atoms with Gasteiger partial charge in [-0.15, -0.1) is 0 Å². The van der Waals surface area contributed by atoms with E-state index in [9.17, 15) is 24.3 Å². The van der Waals surface area contributed by atoms with Crippen molar-refractivity contribution < 1.29 is 33.8 Å². The number of ether oxygens (including phenoxy) is 2. The van der Waals surface area contributed by atoms with Gasteiger partial charge in [0.1, 0.15) is 35.1 Å². The van der Waals surface area contributed by atoms with Crippen molar-refractivity contribution in [2.45, 2.75) is 83.7 Å². The maximum atomic E-state index is 14.0. The van der Waals surface area contributed by atoms with Gasteiger partial charge in [-0.2, -0.15) is 11.8 Å². The van der Waals surface area contributed by atoms with E-state index >= 15 is 0 Å². The van der Waals surface area contributed by atoms with Gasteiger partial charge < -0.3 is 30.1 Å². The number of carbonyl (C=O) groups excluding carboxylic acids is 4. The number of hydrogen-bond donors (Lipinski definition) is 3. The molecule has 0 bridgehead atoms. The first-order valence-corrected chi connectivity index (χ1v) is 15.5. The fraction of sp³-hybridized carbons (Fsp3) is 0.500. The summed E-state index contributed by atoms with van der Waals surface area (Å²) < 4.78 is 11.0. The summed E-state index contributed by atoms with van der Waals surface area (Å²) in [5.74, 6) is -1.57. The molecule has 0 aliphatic carbocycles. The first-order valence-electron chi connectivity index (χ1n) is 14.1. The lowest BCUT2D eigenvalue weighted by Crippen LogP contribution is -2.54. The van der Waals surface area contributed by atoms with Crippen LogP contribution in [0.5, 0.6) is 5.75 Å². The lowest BCUT2D eigenvalue weighted by molar-refractivity contribution is -0.159. The average Bonchev–Trinajstić information content (AvgIpc) is 2.90. The summed E-state index contributed by atoms with van der Waals surface area (Å²) in [4.78, 5) is 54.9. The highest BCUT2D eigenvalue weighted by molar-refractivity contribution is 7.98. The van der Waals surface area contributed by atoms with Crippen molar-refractivity contribution >= 4 is 35.6 Å². The molecule has 3 N–H and O–H groups in total. The molecule has 0 radical (unpaired) electrons. The largest absolute Gasteiger partial charge is 0.508 e. The predicted octanol–water partition coefficient (Wildman–Crippen LogP) is 4.61. The zero-order valence-electron chi connectivity index (χ0n) is 26.3. The van der Waals surface area contributed by atoms with E-state index in [1.54, 1.807) is 53.7 Å². The number of rotatable bonds is 12. The molecular formula is C32H45N3O7S. The van der Waals surface area contributed by atoms with Crippen molar-refractivity contribution in [3.05, 3.63) is 65.7 Å². The van der Waals surface area contributed by atoms with Gasteiger partial charge in [0.2, 0.25) is 11.8 Å². The van der Waals surface area contributed by atoms with Crippen LogP contribution in [-0.4, -0.2) is 76.2 Å². The molecule has 0 aliphatic rings. The summed E-state index contributed by atoms with van der Waals surface area (Å²) in [6.07, 6.45) is 1.52. The van der Waals surface area contributed by atoms with Gasteiger partial charge in [0, 0.05) is 19.0 Å². The number of aromatic hydroxyl groups is 1. The Labute approximate surface area is 258 Å². The molecule has 0 saturated carbocycles. The standard InChI is InChI=1S/C32H45N3O7S/c1-31(2,3)41-29(39)24(20-21-14-10-9-11-15-21)33-27(37)26(22-16-12-13-17-25(22)36)35(7)28(38)23(18-19-43-8)34-30(40)42-32(4,5)6/h9-17,23-24,26,36H,18-20H2,1-8H3,(H,33,37)(H,34,40). The van der Waals surface area contributed by atoms with Gasteiger partial charge in [0.05, 0.1) is 0 Å². The molecule has 236 valence electrons. The van der Waals surface area contributed by atoms with Crippen LogP contribution in [0.15, 0.2) is 54.6 Å². The summed E-state index contributed by atoms with van der Waals surface area (Å²) in [6, 6.07) is 11.9. The number of carbonyl (C=O) groups is 4. The van der Waals surface area contributed by atoms with Gasteiger partial charge in [0.15, 0.2) is 0 Å². The van der Waals surface area contributed by atoms with Crippen molar-refractivity contribution in [1.29, 1.82) is 0 Å². The van der Waals surface area contributed by atoms with Gasteiger partial charge in [-0.25, -0.2) is 9.59 Å². The Morgan fingerprint density at radius 3 is 2.00 bits per heavy atom. The molecule has 2 aromatic carbocycles. The second-order valence-corrected chi connectivity index (χ2v) is 13.2. The smallest absolute Gasteiger partial charge is 0.408 e. The number of nitrogens with zero attached hydrogens (tertiary/aromatic N) is 1. The highest BCUT2D eigenvalue weighted by Gasteiger charge is 2.37. The number of phenolic OH excluding ortho intramolecular Hbond substituents is 1. The first kappa shape index (κ1) is 35.5. The molecule has 0 aliphatic heterocycles. The molecule has 43 heavy (non-hydrogen) atoms. The van der Waals surface area contributed by atoms with Crippen LogP contribution in [0.3, 0.4) is 0 Å². The van der Waals surface area contributed by atoms with Crippen LogP contribution in [0.4, 0.5) is 4.79 Å². The number of likely N-dealkylation sites (N-methyl/N-ethyl adjacent to an activating group) is 1. The molecule has 2 aromatic rings. The van der Waals surface area contributed by atoms with E-state index in [1.165, 1.54) is 35.8 Å². The minimum atomic E-state index is -1.34. The van der Waals surface area contributed by atoms with E-state index < -0.39 is 53.2 Å². The van der Waals surface area contributed by atoms with Crippen molar-refractivity contribution in [2.24, 2.45) is 0 Å². The minimum Gasteiger partial charge on any atom is -0.508 e. The van der Waals surface area contributed by atoms with Crippen LogP contribution >= 0.6 is 11.8 Å². The van der Waals surface area contributed by atoms with E-state index in [4.69, 9.17) is 9.47 Å². The Kier molecular flexibility index (Phi) is 12.9. The molecule has 0 fully saturated rings. The van der Waals surface area contributed by atoms with Gasteiger partial charge in [-0.05, 0) is 71.6 Å². The van der Waals surface area contributed by atoms with Gasteiger partial charge >= 0.3 is 12.1 Å². The van der Waals surface area contributed by atoms with E-state index in [0.717, 1.165) is 5.56 Å². The molecule has 10 nitrogen and oxygen atoms in total. The van der Waals surface area contributed by atoms with Crippen molar-refractivity contribution in [1.82, 2.24) is 15.5 Å².